The molecule has 6 heteroatoms. The number of amides is 1. The molecular weight excluding hydrogens is 368 g/mol. The molecule has 152 valence electrons. The van der Waals surface area contributed by atoms with Crippen LogP contribution in [0.5, 0.6) is 0 Å². The number of nitrogens with zero attached hydrogens (tertiary/aromatic N) is 1. The van der Waals surface area contributed by atoms with Gasteiger partial charge < -0.3 is 14.8 Å². The highest BCUT2D eigenvalue weighted by Crippen LogP contribution is 2.31. The Labute approximate surface area is 170 Å². The zero-order valence-electron chi connectivity index (χ0n) is 17.1. The molecule has 3 atom stereocenters. The maximum absolute atomic E-state index is 13.0. The van der Waals surface area contributed by atoms with Crippen molar-refractivity contribution in [1.82, 2.24) is 5.32 Å². The molecule has 0 fully saturated rings. The van der Waals surface area contributed by atoms with Gasteiger partial charge in [-0.15, -0.1) is 0 Å². The molecule has 1 N–H and O–H groups in total. The quantitative estimate of drug-likeness (QED) is 0.789. The third kappa shape index (κ3) is 5.22. The topological polar surface area (TPSA) is 77.0 Å². The molecule has 0 spiro atoms. The summed E-state index contributed by atoms with van der Waals surface area (Å²) in [5.41, 5.74) is 1.03. The molecule has 2 aromatic rings. The lowest BCUT2D eigenvalue weighted by Crippen LogP contribution is -2.47. The van der Waals surface area contributed by atoms with E-state index in [-0.39, 0.29) is 0 Å². The van der Waals surface area contributed by atoms with Crippen molar-refractivity contribution < 1.29 is 19.1 Å². The highest BCUT2D eigenvalue weighted by molar-refractivity contribution is 5.99. The zero-order valence-corrected chi connectivity index (χ0v) is 17.1. The smallest absolute Gasteiger partial charge is 0.328 e. The van der Waals surface area contributed by atoms with E-state index in [9.17, 15) is 9.59 Å². The number of hydrogen-bond donors (Lipinski definition) is 1. The van der Waals surface area contributed by atoms with Crippen LogP contribution in [0.1, 0.15) is 44.9 Å². The van der Waals surface area contributed by atoms with E-state index in [0.29, 0.717) is 5.90 Å². The lowest BCUT2D eigenvalue weighted by atomic mass is 10.0. The van der Waals surface area contributed by atoms with E-state index >= 15 is 0 Å². The molecular formula is C23H26N2O4. The van der Waals surface area contributed by atoms with Crippen LogP contribution in [-0.2, 0) is 19.1 Å². The molecule has 0 aliphatic carbocycles. The van der Waals surface area contributed by atoms with E-state index in [1.807, 2.05) is 60.7 Å². The van der Waals surface area contributed by atoms with Crippen LogP contribution in [0.25, 0.3) is 0 Å². The van der Waals surface area contributed by atoms with E-state index < -0.39 is 35.7 Å². The third-order valence-corrected chi connectivity index (χ3v) is 4.32. The van der Waals surface area contributed by atoms with Crippen molar-refractivity contribution in [3.8, 4) is 0 Å². The largest absolute Gasteiger partial charge is 0.461 e. The Balaban J connectivity index is 1.79. The molecule has 6 nitrogen and oxygen atoms in total. The predicted molar refractivity (Wildman–Crippen MR) is 110 cm³/mol. The number of carbonyl (C=O) groups excluding carboxylic acids is 2. The van der Waals surface area contributed by atoms with Crippen molar-refractivity contribution in [3.63, 3.8) is 0 Å². The van der Waals surface area contributed by atoms with E-state index in [2.05, 4.69) is 10.3 Å². The molecule has 0 bridgehead atoms. The van der Waals surface area contributed by atoms with Gasteiger partial charge in [-0.3, -0.25) is 4.79 Å². The lowest BCUT2D eigenvalue weighted by Gasteiger charge is -2.24. The zero-order chi connectivity index (χ0) is 21.0. The van der Waals surface area contributed by atoms with Gasteiger partial charge in [-0.25, -0.2) is 9.79 Å². The van der Waals surface area contributed by atoms with Crippen LogP contribution < -0.4 is 5.32 Å². The summed E-state index contributed by atoms with van der Waals surface area (Å²) >= 11 is 0. The molecule has 29 heavy (non-hydrogen) atoms. The van der Waals surface area contributed by atoms with Crippen LogP contribution in [0.4, 0.5) is 0 Å². The minimum absolute atomic E-state index is 0.407. The Morgan fingerprint density at radius 3 is 2.21 bits per heavy atom. The van der Waals surface area contributed by atoms with Crippen LogP contribution in [0.2, 0.25) is 0 Å². The van der Waals surface area contributed by atoms with Crippen molar-refractivity contribution in [2.24, 2.45) is 4.99 Å². The Morgan fingerprint density at radius 2 is 1.62 bits per heavy atom. The summed E-state index contributed by atoms with van der Waals surface area (Å²) in [6.07, 6.45) is -0.877. The van der Waals surface area contributed by atoms with Crippen molar-refractivity contribution in [1.29, 1.82) is 0 Å². The number of benzene rings is 2. The molecule has 0 radical (unpaired) electrons. The fourth-order valence-corrected chi connectivity index (χ4v) is 2.97. The summed E-state index contributed by atoms with van der Waals surface area (Å²) in [7, 11) is 0. The number of carbonyl (C=O) groups is 2. The van der Waals surface area contributed by atoms with Gasteiger partial charge in [0.2, 0.25) is 12.0 Å². The van der Waals surface area contributed by atoms with Crippen LogP contribution in [0, 0.1) is 0 Å². The molecule has 0 saturated carbocycles. The maximum atomic E-state index is 13.0. The minimum Gasteiger partial charge on any atom is -0.461 e. The Morgan fingerprint density at radius 1 is 1.03 bits per heavy atom. The second kappa shape index (κ2) is 8.47. The highest BCUT2D eigenvalue weighted by atomic mass is 16.6. The van der Waals surface area contributed by atoms with Gasteiger partial charge in [0.15, 0.2) is 0 Å². The fourth-order valence-electron chi connectivity index (χ4n) is 2.97. The Hall–Kier alpha value is -3.15. The monoisotopic (exact) mass is 394 g/mol. The third-order valence-electron chi connectivity index (χ3n) is 4.32. The van der Waals surface area contributed by atoms with E-state index in [1.54, 1.807) is 27.7 Å². The first-order valence-electron chi connectivity index (χ1n) is 9.62. The van der Waals surface area contributed by atoms with E-state index in [1.165, 1.54) is 0 Å². The second-order valence-corrected chi connectivity index (χ2v) is 7.96. The second-order valence-electron chi connectivity index (χ2n) is 7.96. The summed E-state index contributed by atoms with van der Waals surface area (Å²) in [6, 6.07) is 17.6. The van der Waals surface area contributed by atoms with Gasteiger partial charge in [0, 0.05) is 5.56 Å². The van der Waals surface area contributed by atoms with E-state index in [4.69, 9.17) is 9.47 Å². The van der Waals surface area contributed by atoms with Gasteiger partial charge in [0.25, 0.3) is 5.91 Å². The van der Waals surface area contributed by atoms with Gasteiger partial charge in [-0.1, -0.05) is 48.5 Å². The van der Waals surface area contributed by atoms with Gasteiger partial charge >= 0.3 is 5.97 Å². The summed E-state index contributed by atoms with van der Waals surface area (Å²) in [5, 5.41) is 2.70. The first-order valence-corrected chi connectivity index (χ1v) is 9.62. The van der Waals surface area contributed by atoms with Crippen LogP contribution in [0.3, 0.4) is 0 Å². The summed E-state index contributed by atoms with van der Waals surface area (Å²) in [4.78, 5) is 29.9. The molecule has 0 unspecified atom stereocenters. The maximum Gasteiger partial charge on any atom is 0.328 e. The number of aliphatic imine (C=N–C) groups is 1. The van der Waals surface area contributed by atoms with Gasteiger partial charge in [-0.05, 0) is 45.4 Å². The van der Waals surface area contributed by atoms with Crippen molar-refractivity contribution in [2.75, 3.05) is 0 Å². The van der Waals surface area contributed by atoms with Gasteiger partial charge in [0.05, 0.1) is 0 Å². The average Bonchev–Trinajstić information content (AvgIpc) is 3.13. The van der Waals surface area contributed by atoms with Crippen LogP contribution >= 0.6 is 0 Å². The number of esters is 1. The van der Waals surface area contributed by atoms with Crippen molar-refractivity contribution in [2.45, 2.75) is 51.5 Å². The highest BCUT2D eigenvalue weighted by Gasteiger charge is 2.39. The van der Waals surface area contributed by atoms with Crippen LogP contribution in [0.15, 0.2) is 65.7 Å². The minimum atomic E-state index is -0.877. The number of hydrogen-bond acceptors (Lipinski definition) is 5. The van der Waals surface area contributed by atoms with Gasteiger partial charge in [-0.2, -0.15) is 0 Å². The average molecular weight is 394 g/mol. The molecule has 2 aromatic carbocycles. The Bertz CT molecular complexity index is 888. The first kappa shape index (κ1) is 20.6. The molecule has 1 aliphatic rings. The summed E-state index contributed by atoms with van der Waals surface area (Å²) in [5.74, 6) is -0.499. The SMILES string of the molecule is C[C@H](NC(=O)[C@@H]1OC(c2ccccc2)=N[C@H]1c1ccccc1)C(=O)OC(C)(C)C. The number of rotatable bonds is 5. The summed E-state index contributed by atoms with van der Waals surface area (Å²) < 4.78 is 11.3. The fraction of sp³-hybridized carbons (Fsp3) is 0.348. The van der Waals surface area contributed by atoms with E-state index in [0.717, 1.165) is 11.1 Å². The molecule has 1 heterocycles. The molecule has 1 amide bonds. The molecule has 0 saturated heterocycles. The van der Waals surface area contributed by atoms with Crippen molar-refractivity contribution >= 4 is 17.8 Å². The molecule has 1 aliphatic heterocycles. The lowest BCUT2D eigenvalue weighted by molar-refractivity contribution is -0.158. The van der Waals surface area contributed by atoms with Crippen LogP contribution in [-0.4, -0.2) is 35.5 Å². The first-order chi connectivity index (χ1) is 13.7. The van der Waals surface area contributed by atoms with Gasteiger partial charge in [0.1, 0.15) is 17.7 Å². The number of ether oxygens (including phenoxy) is 2. The Kier molecular flexibility index (Phi) is 6.01. The standard InChI is InChI=1S/C23H26N2O4/c1-15(22(27)29-23(2,3)4)24-20(26)19-18(16-11-7-5-8-12-16)25-21(28-19)17-13-9-6-10-14-17/h5-15,18-19H,1-4H3,(H,24,26)/t15-,18-,19+/m0/s1. The number of nitrogens with one attached hydrogen (secondary N) is 1. The van der Waals surface area contributed by atoms with Crippen molar-refractivity contribution in [3.05, 3.63) is 71.8 Å². The predicted octanol–water partition coefficient (Wildman–Crippen LogP) is 3.42. The summed E-state index contributed by atoms with van der Waals surface area (Å²) in [6.45, 7) is 6.94. The normalized spacial score (nSPS) is 19.7. The molecule has 0 aromatic heterocycles. The molecule has 3 rings (SSSR count).